The molecule has 1 aliphatic heterocycles. The summed E-state index contributed by atoms with van der Waals surface area (Å²) in [5.41, 5.74) is 0.823. The van der Waals surface area contributed by atoms with E-state index in [1.165, 1.54) is 25.7 Å². The summed E-state index contributed by atoms with van der Waals surface area (Å²) in [5.74, 6) is 1.29. The van der Waals surface area contributed by atoms with Crippen LogP contribution in [0.5, 0.6) is 0 Å². The second kappa shape index (κ2) is 5.36. The van der Waals surface area contributed by atoms with E-state index in [4.69, 9.17) is 0 Å². The third kappa shape index (κ3) is 2.82. The topological polar surface area (TPSA) is 32.3 Å². The molecule has 3 nitrogen and oxygen atoms in total. The van der Waals surface area contributed by atoms with Gasteiger partial charge in [0.05, 0.1) is 5.41 Å². The molecule has 0 aromatic carbocycles. The van der Waals surface area contributed by atoms with Crippen LogP contribution in [0.3, 0.4) is 0 Å². The van der Waals surface area contributed by atoms with Crippen LogP contribution in [-0.4, -0.2) is 36.0 Å². The number of nitrogens with zero attached hydrogens (tertiary/aromatic N) is 1. The van der Waals surface area contributed by atoms with Crippen LogP contribution in [0.25, 0.3) is 0 Å². The predicted molar refractivity (Wildman–Crippen MR) is 95.7 cm³/mol. The standard InChI is InChI=1S/C19H32N2O.ClH/c1-13-8-21(9-14(2)20-13)16(22)19-7-15-5-17(3,11-19)10-18(4,6-15)12-19;/h13-15,20H,5-12H2,1-4H3;1H. The molecule has 5 fully saturated rings. The number of carbonyl (C=O) groups is 1. The molecule has 23 heavy (non-hydrogen) atoms. The Morgan fingerprint density at radius 2 is 1.48 bits per heavy atom. The molecule has 4 atom stereocenters. The van der Waals surface area contributed by atoms with Crippen molar-refractivity contribution in [3.05, 3.63) is 0 Å². The fraction of sp³-hybridized carbons (Fsp3) is 0.947. The van der Waals surface area contributed by atoms with Crippen LogP contribution in [0.2, 0.25) is 0 Å². The Hall–Kier alpha value is -0.280. The van der Waals surface area contributed by atoms with Crippen LogP contribution >= 0.6 is 12.4 Å². The molecule has 0 radical (unpaired) electrons. The first-order valence-corrected chi connectivity index (χ1v) is 9.27. The van der Waals surface area contributed by atoms with Gasteiger partial charge in [0, 0.05) is 25.2 Å². The first-order chi connectivity index (χ1) is 10.2. The molecule has 4 saturated carbocycles. The summed E-state index contributed by atoms with van der Waals surface area (Å²) >= 11 is 0. The average Bonchev–Trinajstić information content (AvgIpc) is 2.32. The van der Waals surface area contributed by atoms with Crippen molar-refractivity contribution >= 4 is 18.3 Å². The molecule has 0 spiro atoms. The highest BCUT2D eigenvalue weighted by Gasteiger charge is 2.63. The Kier molecular flexibility index (Phi) is 4.09. The van der Waals surface area contributed by atoms with Crippen LogP contribution in [-0.2, 0) is 4.79 Å². The maximum Gasteiger partial charge on any atom is 0.228 e. The van der Waals surface area contributed by atoms with Crippen molar-refractivity contribution in [3.8, 4) is 0 Å². The van der Waals surface area contributed by atoms with Gasteiger partial charge in [-0.15, -0.1) is 12.4 Å². The average molecular weight is 341 g/mol. The first-order valence-electron chi connectivity index (χ1n) is 9.27. The summed E-state index contributed by atoms with van der Waals surface area (Å²) < 4.78 is 0. The zero-order valence-corrected chi connectivity index (χ0v) is 16.0. The number of halogens is 1. The lowest BCUT2D eigenvalue weighted by Crippen LogP contribution is -2.64. The summed E-state index contributed by atoms with van der Waals surface area (Å²) in [6.07, 6.45) is 7.55. The molecule has 0 aromatic heterocycles. The van der Waals surface area contributed by atoms with E-state index in [1.807, 2.05) is 0 Å². The van der Waals surface area contributed by atoms with E-state index in [2.05, 4.69) is 37.9 Å². The third-order valence-corrected chi connectivity index (χ3v) is 6.92. The third-order valence-electron chi connectivity index (χ3n) is 6.92. The Morgan fingerprint density at radius 3 is 1.96 bits per heavy atom. The number of hydrogen-bond donors (Lipinski definition) is 1. The van der Waals surface area contributed by atoms with Crippen molar-refractivity contribution in [2.45, 2.75) is 78.3 Å². The van der Waals surface area contributed by atoms with Gasteiger partial charge in [0.1, 0.15) is 0 Å². The Labute approximate surface area is 147 Å². The first kappa shape index (κ1) is 17.5. The van der Waals surface area contributed by atoms with Crippen molar-refractivity contribution < 1.29 is 4.79 Å². The number of hydrogen-bond acceptors (Lipinski definition) is 2. The van der Waals surface area contributed by atoms with Crippen molar-refractivity contribution in [1.82, 2.24) is 10.2 Å². The van der Waals surface area contributed by atoms with Gasteiger partial charge in [-0.1, -0.05) is 13.8 Å². The molecular formula is C19H33ClN2O. The van der Waals surface area contributed by atoms with Gasteiger partial charge in [-0.05, 0) is 69.1 Å². The van der Waals surface area contributed by atoms with Gasteiger partial charge in [-0.3, -0.25) is 4.79 Å². The molecule has 0 aromatic rings. The van der Waals surface area contributed by atoms with Crippen molar-refractivity contribution in [3.63, 3.8) is 0 Å². The van der Waals surface area contributed by atoms with Crippen LogP contribution < -0.4 is 5.32 Å². The lowest BCUT2D eigenvalue weighted by atomic mass is 9.40. The summed E-state index contributed by atoms with van der Waals surface area (Å²) in [4.78, 5) is 15.7. The fourth-order valence-electron chi connectivity index (χ4n) is 7.51. The molecule has 4 heteroatoms. The summed E-state index contributed by atoms with van der Waals surface area (Å²) in [6.45, 7) is 11.1. The molecule has 4 unspecified atom stereocenters. The molecular weight excluding hydrogens is 308 g/mol. The lowest BCUT2D eigenvalue weighted by molar-refractivity contribution is -0.180. The summed E-state index contributed by atoms with van der Waals surface area (Å²) in [6, 6.07) is 0.848. The van der Waals surface area contributed by atoms with Gasteiger partial charge >= 0.3 is 0 Å². The van der Waals surface area contributed by atoms with E-state index in [9.17, 15) is 4.79 Å². The van der Waals surface area contributed by atoms with Crippen molar-refractivity contribution in [2.24, 2.45) is 22.2 Å². The maximum atomic E-state index is 13.5. The smallest absolute Gasteiger partial charge is 0.228 e. The minimum Gasteiger partial charge on any atom is -0.339 e. The quantitative estimate of drug-likeness (QED) is 0.790. The van der Waals surface area contributed by atoms with Gasteiger partial charge in [0.15, 0.2) is 0 Å². The van der Waals surface area contributed by atoms with Gasteiger partial charge in [0.25, 0.3) is 0 Å². The maximum absolute atomic E-state index is 13.5. The molecule has 1 N–H and O–H groups in total. The Balaban J connectivity index is 0.00000156. The Morgan fingerprint density at radius 1 is 0.957 bits per heavy atom. The van der Waals surface area contributed by atoms with E-state index in [-0.39, 0.29) is 17.8 Å². The number of rotatable bonds is 1. The number of piperazine rings is 1. The molecule has 4 aliphatic carbocycles. The van der Waals surface area contributed by atoms with E-state index in [0.717, 1.165) is 31.8 Å². The summed E-state index contributed by atoms with van der Waals surface area (Å²) in [5, 5.41) is 3.56. The second-order valence-electron chi connectivity index (χ2n) is 10.1. The van der Waals surface area contributed by atoms with Gasteiger partial charge < -0.3 is 10.2 Å². The molecule has 5 rings (SSSR count). The summed E-state index contributed by atoms with van der Waals surface area (Å²) in [7, 11) is 0. The minimum absolute atomic E-state index is 0. The molecule has 1 amide bonds. The van der Waals surface area contributed by atoms with Gasteiger partial charge in [0.2, 0.25) is 5.91 Å². The van der Waals surface area contributed by atoms with E-state index in [1.54, 1.807) is 0 Å². The molecule has 4 bridgehead atoms. The van der Waals surface area contributed by atoms with Crippen LogP contribution in [0.15, 0.2) is 0 Å². The number of nitrogens with one attached hydrogen (secondary N) is 1. The van der Waals surface area contributed by atoms with Crippen molar-refractivity contribution in [2.75, 3.05) is 13.1 Å². The molecule has 132 valence electrons. The normalized spacial score (nSPS) is 51.5. The predicted octanol–water partition coefficient (Wildman–Crippen LogP) is 3.61. The lowest BCUT2D eigenvalue weighted by Gasteiger charge is -2.65. The highest BCUT2D eigenvalue weighted by molar-refractivity contribution is 5.85. The van der Waals surface area contributed by atoms with Crippen LogP contribution in [0.1, 0.15) is 66.2 Å². The molecule has 1 heterocycles. The van der Waals surface area contributed by atoms with E-state index in [0.29, 0.717) is 28.8 Å². The molecule has 1 saturated heterocycles. The van der Waals surface area contributed by atoms with Gasteiger partial charge in [-0.2, -0.15) is 0 Å². The van der Waals surface area contributed by atoms with Crippen LogP contribution in [0.4, 0.5) is 0 Å². The number of amides is 1. The number of carbonyl (C=O) groups excluding carboxylic acids is 1. The second-order valence-corrected chi connectivity index (χ2v) is 10.1. The van der Waals surface area contributed by atoms with E-state index < -0.39 is 0 Å². The monoisotopic (exact) mass is 340 g/mol. The SMILES string of the molecule is CC1CN(C(=O)C23CC4CC(C)(CC(C)(C4)C2)C3)CC(C)N1.Cl. The minimum atomic E-state index is -0.0281. The Bertz CT molecular complexity index is 480. The molecule has 5 aliphatic rings. The van der Waals surface area contributed by atoms with Crippen LogP contribution in [0, 0.1) is 22.2 Å². The van der Waals surface area contributed by atoms with E-state index >= 15 is 0 Å². The highest BCUT2D eigenvalue weighted by Crippen LogP contribution is 2.69. The zero-order valence-electron chi connectivity index (χ0n) is 15.2. The highest BCUT2D eigenvalue weighted by atomic mass is 35.5. The zero-order chi connectivity index (χ0) is 15.8. The fourth-order valence-corrected chi connectivity index (χ4v) is 7.51. The largest absolute Gasteiger partial charge is 0.339 e. The van der Waals surface area contributed by atoms with Gasteiger partial charge in [-0.25, -0.2) is 0 Å². The van der Waals surface area contributed by atoms with Crippen molar-refractivity contribution in [1.29, 1.82) is 0 Å².